The van der Waals surface area contributed by atoms with Gasteiger partial charge in [0.25, 0.3) is 0 Å². The Morgan fingerprint density at radius 3 is 2.74 bits per heavy atom. The zero-order valence-corrected chi connectivity index (χ0v) is 13.6. The number of rotatable bonds is 6. The molecule has 0 unspecified atom stereocenters. The molecule has 6 heteroatoms. The Morgan fingerprint density at radius 1 is 1.26 bits per heavy atom. The van der Waals surface area contributed by atoms with E-state index in [4.69, 9.17) is 17.0 Å². The van der Waals surface area contributed by atoms with Crippen LogP contribution in [0.4, 0.5) is 4.39 Å². The molecule has 0 amide bonds. The van der Waals surface area contributed by atoms with Crippen LogP contribution >= 0.6 is 12.2 Å². The van der Waals surface area contributed by atoms with E-state index in [9.17, 15) is 4.39 Å². The van der Waals surface area contributed by atoms with Crippen LogP contribution in [0, 0.1) is 5.82 Å². The second-order valence-corrected chi connectivity index (χ2v) is 5.13. The summed E-state index contributed by atoms with van der Waals surface area (Å²) < 4.78 is 18.7. The molecule has 2 rings (SSSR count). The fraction of sp³-hybridized carbons (Fsp3) is 0.176. The van der Waals surface area contributed by atoms with Crippen molar-refractivity contribution in [3.63, 3.8) is 0 Å². The minimum absolute atomic E-state index is 0.263. The van der Waals surface area contributed by atoms with Gasteiger partial charge in [0.05, 0.1) is 6.21 Å². The average Bonchev–Trinajstić information content (AvgIpc) is 2.54. The Bertz CT molecular complexity index is 674. The first-order chi connectivity index (χ1) is 11.2. The van der Waals surface area contributed by atoms with Gasteiger partial charge in [0.1, 0.15) is 18.2 Å². The average molecular weight is 331 g/mol. The van der Waals surface area contributed by atoms with Crippen molar-refractivity contribution in [2.75, 3.05) is 6.54 Å². The Labute approximate surface area is 140 Å². The normalized spacial score (nSPS) is 10.5. The number of hydrazone groups is 1. The van der Waals surface area contributed by atoms with E-state index in [0.717, 1.165) is 17.7 Å². The molecule has 0 heterocycles. The minimum Gasteiger partial charge on any atom is -0.489 e. The van der Waals surface area contributed by atoms with E-state index >= 15 is 0 Å². The minimum atomic E-state index is -0.263. The summed E-state index contributed by atoms with van der Waals surface area (Å²) in [6.45, 7) is 3.03. The fourth-order valence-corrected chi connectivity index (χ4v) is 2.01. The van der Waals surface area contributed by atoms with Gasteiger partial charge < -0.3 is 10.1 Å². The molecule has 0 saturated carbocycles. The lowest BCUT2D eigenvalue weighted by atomic mass is 10.2. The van der Waals surface area contributed by atoms with Crippen LogP contribution in [0.15, 0.2) is 53.6 Å². The van der Waals surface area contributed by atoms with Crippen molar-refractivity contribution in [2.24, 2.45) is 5.10 Å². The van der Waals surface area contributed by atoms with Gasteiger partial charge in [0.15, 0.2) is 5.11 Å². The summed E-state index contributed by atoms with van der Waals surface area (Å²) in [4.78, 5) is 0. The van der Waals surface area contributed by atoms with E-state index in [-0.39, 0.29) is 5.82 Å². The standard InChI is InChI=1S/C17H18FN3OS/c1-2-19-17(23)21-20-11-13-6-8-16(9-7-13)22-12-14-4-3-5-15(18)10-14/h3-11H,2,12H2,1H3,(H2,19,21,23)/b20-11-. The highest BCUT2D eigenvalue weighted by molar-refractivity contribution is 7.80. The lowest BCUT2D eigenvalue weighted by Gasteiger charge is -2.06. The number of halogens is 1. The first-order valence-corrected chi connectivity index (χ1v) is 7.62. The molecule has 0 fully saturated rings. The maximum atomic E-state index is 13.1. The van der Waals surface area contributed by atoms with Gasteiger partial charge >= 0.3 is 0 Å². The van der Waals surface area contributed by atoms with Crippen LogP contribution in [0.2, 0.25) is 0 Å². The fourth-order valence-electron chi connectivity index (χ4n) is 1.81. The quantitative estimate of drug-likeness (QED) is 0.485. The number of nitrogens with one attached hydrogen (secondary N) is 2. The molecule has 120 valence electrons. The topological polar surface area (TPSA) is 45.7 Å². The second kappa shape index (κ2) is 8.85. The molecule has 23 heavy (non-hydrogen) atoms. The van der Waals surface area contributed by atoms with Crippen molar-refractivity contribution in [2.45, 2.75) is 13.5 Å². The molecule has 0 aromatic heterocycles. The highest BCUT2D eigenvalue weighted by Crippen LogP contribution is 2.14. The first kappa shape index (κ1) is 16.9. The van der Waals surface area contributed by atoms with E-state index in [1.54, 1.807) is 12.3 Å². The molecular weight excluding hydrogens is 313 g/mol. The molecule has 2 aromatic rings. The van der Waals surface area contributed by atoms with Crippen molar-refractivity contribution >= 4 is 23.5 Å². The zero-order chi connectivity index (χ0) is 16.5. The number of benzene rings is 2. The largest absolute Gasteiger partial charge is 0.489 e. The van der Waals surface area contributed by atoms with E-state index in [0.29, 0.717) is 17.5 Å². The number of thiocarbonyl (C=S) groups is 1. The molecule has 0 spiro atoms. The van der Waals surface area contributed by atoms with Gasteiger partial charge in [-0.25, -0.2) is 4.39 Å². The smallest absolute Gasteiger partial charge is 0.186 e. The van der Waals surface area contributed by atoms with Crippen molar-refractivity contribution in [3.8, 4) is 5.75 Å². The molecule has 0 radical (unpaired) electrons. The van der Waals surface area contributed by atoms with Crippen molar-refractivity contribution in [1.82, 2.24) is 10.7 Å². The predicted octanol–water partition coefficient (Wildman–Crippen LogP) is 3.22. The molecule has 2 N–H and O–H groups in total. The summed E-state index contributed by atoms with van der Waals surface area (Å²) in [5, 5.41) is 7.45. The van der Waals surface area contributed by atoms with Crippen molar-refractivity contribution < 1.29 is 9.13 Å². The molecular formula is C17H18FN3OS. The summed E-state index contributed by atoms with van der Waals surface area (Å²) in [7, 11) is 0. The van der Waals surface area contributed by atoms with Crippen LogP contribution in [-0.2, 0) is 6.61 Å². The maximum absolute atomic E-state index is 13.1. The lowest BCUT2D eigenvalue weighted by molar-refractivity contribution is 0.305. The third kappa shape index (κ3) is 6.04. The maximum Gasteiger partial charge on any atom is 0.186 e. The van der Waals surface area contributed by atoms with Gasteiger partial charge in [-0.3, -0.25) is 5.43 Å². The number of hydrogen-bond acceptors (Lipinski definition) is 3. The lowest BCUT2D eigenvalue weighted by Crippen LogP contribution is -2.31. The van der Waals surface area contributed by atoms with Gasteiger partial charge in [-0.05, 0) is 66.7 Å². The van der Waals surface area contributed by atoms with Crippen LogP contribution in [0.5, 0.6) is 5.75 Å². The van der Waals surface area contributed by atoms with Crippen LogP contribution in [0.1, 0.15) is 18.1 Å². The SMILES string of the molecule is CCNC(=S)N/N=C\c1ccc(OCc2cccc(F)c2)cc1. The molecule has 0 atom stereocenters. The van der Waals surface area contributed by atoms with E-state index < -0.39 is 0 Å². The highest BCUT2D eigenvalue weighted by atomic mass is 32.1. The number of ether oxygens (including phenoxy) is 1. The third-order valence-electron chi connectivity index (χ3n) is 2.89. The van der Waals surface area contributed by atoms with Crippen LogP contribution in [-0.4, -0.2) is 17.9 Å². The molecule has 0 bridgehead atoms. The van der Waals surface area contributed by atoms with Gasteiger partial charge in [-0.15, -0.1) is 0 Å². The zero-order valence-electron chi connectivity index (χ0n) is 12.8. The van der Waals surface area contributed by atoms with Crippen molar-refractivity contribution in [1.29, 1.82) is 0 Å². The highest BCUT2D eigenvalue weighted by Gasteiger charge is 1.98. The summed E-state index contributed by atoms with van der Waals surface area (Å²) in [6, 6.07) is 13.8. The summed E-state index contributed by atoms with van der Waals surface area (Å²) in [6.07, 6.45) is 1.67. The van der Waals surface area contributed by atoms with Gasteiger partial charge in [-0.1, -0.05) is 12.1 Å². The van der Waals surface area contributed by atoms with E-state index in [1.165, 1.54) is 12.1 Å². The summed E-state index contributed by atoms with van der Waals surface area (Å²) in [5.74, 6) is 0.447. The Kier molecular flexibility index (Phi) is 6.50. The number of hydrogen-bond donors (Lipinski definition) is 2. The molecule has 0 aliphatic heterocycles. The second-order valence-electron chi connectivity index (χ2n) is 4.72. The Morgan fingerprint density at radius 2 is 2.04 bits per heavy atom. The molecule has 0 aliphatic carbocycles. The Balaban J connectivity index is 1.84. The van der Waals surface area contributed by atoms with Crippen molar-refractivity contribution in [3.05, 3.63) is 65.5 Å². The van der Waals surface area contributed by atoms with Crippen LogP contribution in [0.25, 0.3) is 0 Å². The van der Waals surface area contributed by atoms with Crippen LogP contribution in [0.3, 0.4) is 0 Å². The molecule has 4 nitrogen and oxygen atoms in total. The number of nitrogens with zero attached hydrogens (tertiary/aromatic N) is 1. The molecule has 0 aliphatic rings. The van der Waals surface area contributed by atoms with Gasteiger partial charge in [0.2, 0.25) is 0 Å². The van der Waals surface area contributed by atoms with E-state index in [1.807, 2.05) is 37.3 Å². The predicted molar refractivity (Wildman–Crippen MR) is 94.2 cm³/mol. The first-order valence-electron chi connectivity index (χ1n) is 7.21. The monoisotopic (exact) mass is 331 g/mol. The molecule has 2 aromatic carbocycles. The summed E-state index contributed by atoms with van der Waals surface area (Å²) >= 11 is 5.00. The van der Waals surface area contributed by atoms with E-state index in [2.05, 4.69) is 15.8 Å². The van der Waals surface area contributed by atoms with Crippen LogP contribution < -0.4 is 15.5 Å². The third-order valence-corrected chi connectivity index (χ3v) is 3.13. The molecule has 0 saturated heterocycles. The Hall–Kier alpha value is -2.47. The van der Waals surface area contributed by atoms with Gasteiger partial charge in [-0.2, -0.15) is 5.10 Å². The van der Waals surface area contributed by atoms with Gasteiger partial charge in [0, 0.05) is 6.54 Å². The summed E-state index contributed by atoms with van der Waals surface area (Å²) in [5.41, 5.74) is 4.42.